The quantitative estimate of drug-likeness (QED) is 0.351. The molecule has 0 saturated carbocycles. The van der Waals surface area contributed by atoms with E-state index in [2.05, 4.69) is 4.98 Å². The Kier molecular flexibility index (Phi) is 5.45. The molecule has 0 fully saturated rings. The number of pyridine rings is 1. The third-order valence-electron chi connectivity index (χ3n) is 5.14. The zero-order valence-corrected chi connectivity index (χ0v) is 17.2. The zero-order chi connectivity index (χ0) is 21.8. The van der Waals surface area contributed by atoms with Crippen LogP contribution in [0.1, 0.15) is 11.3 Å². The summed E-state index contributed by atoms with van der Waals surface area (Å²) in [5.41, 5.74) is 3.66. The highest BCUT2D eigenvalue weighted by atomic mass is 19.1. The van der Waals surface area contributed by atoms with Crippen LogP contribution in [0.2, 0.25) is 0 Å². The van der Waals surface area contributed by atoms with E-state index in [0.717, 1.165) is 16.8 Å². The third-order valence-corrected chi connectivity index (χ3v) is 5.14. The highest BCUT2D eigenvalue weighted by Crippen LogP contribution is 2.29. The molecule has 5 rings (SSSR count). The Hall–Kier alpha value is -4.25. The van der Waals surface area contributed by atoms with Crippen molar-refractivity contribution in [2.24, 2.45) is 0 Å². The van der Waals surface area contributed by atoms with Crippen molar-refractivity contribution in [1.29, 1.82) is 0 Å². The van der Waals surface area contributed by atoms with E-state index in [9.17, 15) is 4.39 Å². The van der Waals surface area contributed by atoms with Gasteiger partial charge in [0.05, 0.1) is 0 Å². The summed E-state index contributed by atoms with van der Waals surface area (Å²) in [6.07, 6.45) is 2.05. The van der Waals surface area contributed by atoms with Gasteiger partial charge in [0.1, 0.15) is 5.82 Å². The molecule has 5 heteroatoms. The lowest BCUT2D eigenvalue weighted by Crippen LogP contribution is -2.04. The number of hydrogen-bond acceptors (Lipinski definition) is 4. The van der Waals surface area contributed by atoms with Gasteiger partial charge in [-0.3, -0.25) is 4.98 Å². The Labute approximate surface area is 185 Å². The summed E-state index contributed by atoms with van der Waals surface area (Å²) in [5, 5.41) is 0. The van der Waals surface area contributed by atoms with Gasteiger partial charge in [-0.2, -0.15) is 0 Å². The molecule has 5 aromatic rings. The predicted molar refractivity (Wildman–Crippen MR) is 123 cm³/mol. The normalized spacial score (nSPS) is 10.8. The van der Waals surface area contributed by atoms with E-state index in [0.29, 0.717) is 35.0 Å². The first-order valence-electron chi connectivity index (χ1n) is 10.3. The van der Waals surface area contributed by atoms with Gasteiger partial charge >= 0.3 is 0 Å². The summed E-state index contributed by atoms with van der Waals surface area (Å²) < 4.78 is 15.0. The van der Waals surface area contributed by atoms with Crippen molar-refractivity contribution < 1.29 is 4.39 Å². The van der Waals surface area contributed by atoms with Crippen LogP contribution in [0.25, 0.3) is 34.2 Å². The van der Waals surface area contributed by atoms with Gasteiger partial charge in [-0.25, -0.2) is 19.3 Å². The zero-order valence-electron chi connectivity index (χ0n) is 17.2. The predicted octanol–water partition coefficient (Wildman–Crippen LogP) is 6.00. The molecule has 0 amide bonds. The minimum Gasteiger partial charge on any atom is -0.261 e. The van der Waals surface area contributed by atoms with Crippen LogP contribution in [0, 0.1) is 5.82 Å². The molecule has 2 aromatic heterocycles. The molecule has 32 heavy (non-hydrogen) atoms. The molecule has 0 spiro atoms. The molecule has 0 unspecified atom stereocenters. The van der Waals surface area contributed by atoms with E-state index >= 15 is 0 Å². The second kappa shape index (κ2) is 8.86. The maximum Gasteiger partial charge on any atom is 0.164 e. The maximum absolute atomic E-state index is 15.0. The molecular weight excluding hydrogens is 399 g/mol. The Morgan fingerprint density at radius 3 is 1.75 bits per heavy atom. The number of hydrogen-bond donors (Lipinski definition) is 0. The SMILES string of the molecule is Fc1cccc(-c2nc(-c3ccccc3)nc(-c3ccccc3)n2)c1Cc1ccccn1. The molecule has 0 atom stereocenters. The third kappa shape index (κ3) is 4.14. The van der Waals surface area contributed by atoms with Crippen LogP contribution >= 0.6 is 0 Å². The molecule has 0 aliphatic rings. The lowest BCUT2D eigenvalue weighted by Gasteiger charge is -2.12. The maximum atomic E-state index is 15.0. The van der Waals surface area contributed by atoms with Gasteiger partial charge in [-0.1, -0.05) is 78.9 Å². The largest absolute Gasteiger partial charge is 0.261 e. The highest BCUT2D eigenvalue weighted by molar-refractivity contribution is 5.68. The molecule has 0 aliphatic carbocycles. The van der Waals surface area contributed by atoms with Gasteiger partial charge in [0, 0.05) is 40.6 Å². The summed E-state index contributed by atoms with van der Waals surface area (Å²) >= 11 is 0. The number of halogens is 1. The van der Waals surface area contributed by atoms with Crippen molar-refractivity contribution >= 4 is 0 Å². The van der Waals surface area contributed by atoms with Gasteiger partial charge in [0.25, 0.3) is 0 Å². The molecule has 4 nitrogen and oxygen atoms in total. The van der Waals surface area contributed by atoms with Crippen LogP contribution in [-0.2, 0) is 6.42 Å². The van der Waals surface area contributed by atoms with Crippen LogP contribution in [0.3, 0.4) is 0 Å². The van der Waals surface area contributed by atoms with E-state index in [-0.39, 0.29) is 5.82 Å². The average Bonchev–Trinajstić information content (AvgIpc) is 2.87. The number of nitrogens with zero attached hydrogens (tertiary/aromatic N) is 4. The summed E-state index contributed by atoms with van der Waals surface area (Å²) in [5.74, 6) is 1.21. The summed E-state index contributed by atoms with van der Waals surface area (Å²) in [4.78, 5) is 18.5. The van der Waals surface area contributed by atoms with Crippen LogP contribution in [0.4, 0.5) is 4.39 Å². The van der Waals surface area contributed by atoms with Crippen molar-refractivity contribution in [2.75, 3.05) is 0 Å². The van der Waals surface area contributed by atoms with Crippen molar-refractivity contribution in [3.8, 4) is 34.2 Å². The van der Waals surface area contributed by atoms with Crippen LogP contribution < -0.4 is 0 Å². The second-order valence-corrected chi connectivity index (χ2v) is 7.30. The molecule has 0 saturated heterocycles. The smallest absolute Gasteiger partial charge is 0.164 e. The van der Waals surface area contributed by atoms with Crippen molar-refractivity contribution in [3.63, 3.8) is 0 Å². The molecule has 0 N–H and O–H groups in total. The molecule has 2 heterocycles. The minimum atomic E-state index is -0.309. The Bertz CT molecular complexity index is 1280. The minimum absolute atomic E-state index is 0.309. The number of rotatable bonds is 5. The van der Waals surface area contributed by atoms with E-state index < -0.39 is 0 Å². The molecule has 0 bridgehead atoms. The van der Waals surface area contributed by atoms with E-state index in [1.165, 1.54) is 6.07 Å². The lowest BCUT2D eigenvalue weighted by molar-refractivity contribution is 0.613. The lowest BCUT2D eigenvalue weighted by atomic mass is 10.0. The van der Waals surface area contributed by atoms with Crippen molar-refractivity contribution in [3.05, 3.63) is 120 Å². The molecule has 154 valence electrons. The molecule has 3 aromatic carbocycles. The monoisotopic (exact) mass is 418 g/mol. The van der Waals surface area contributed by atoms with Gasteiger partial charge in [-0.15, -0.1) is 0 Å². The molecule has 0 aliphatic heterocycles. The van der Waals surface area contributed by atoms with Gasteiger partial charge in [0.2, 0.25) is 0 Å². The van der Waals surface area contributed by atoms with Gasteiger partial charge < -0.3 is 0 Å². The van der Waals surface area contributed by atoms with Crippen LogP contribution in [-0.4, -0.2) is 19.9 Å². The van der Waals surface area contributed by atoms with E-state index in [1.54, 1.807) is 12.3 Å². The fraction of sp³-hybridized carbons (Fsp3) is 0.0370. The fourth-order valence-electron chi connectivity index (χ4n) is 3.56. The first-order chi connectivity index (χ1) is 15.8. The van der Waals surface area contributed by atoms with E-state index in [4.69, 9.17) is 15.0 Å². The summed E-state index contributed by atoms with van der Waals surface area (Å²) in [7, 11) is 0. The topological polar surface area (TPSA) is 51.6 Å². The van der Waals surface area contributed by atoms with Crippen molar-refractivity contribution in [1.82, 2.24) is 19.9 Å². The number of benzene rings is 3. The summed E-state index contributed by atoms with van der Waals surface area (Å²) in [6, 6.07) is 30.1. The van der Waals surface area contributed by atoms with Gasteiger partial charge in [-0.05, 0) is 18.2 Å². The first kappa shape index (κ1) is 19.7. The molecule has 0 radical (unpaired) electrons. The second-order valence-electron chi connectivity index (χ2n) is 7.30. The highest BCUT2D eigenvalue weighted by Gasteiger charge is 2.17. The number of aromatic nitrogens is 4. The first-order valence-corrected chi connectivity index (χ1v) is 10.3. The Balaban J connectivity index is 1.69. The fourth-order valence-corrected chi connectivity index (χ4v) is 3.56. The standard InChI is InChI=1S/C27H19FN4/c28-24-16-9-15-22(23(24)18-21-14-7-8-17-29-21)27-31-25(19-10-3-1-4-11-19)30-26(32-27)20-12-5-2-6-13-20/h1-17H,18H2. The Morgan fingerprint density at radius 1 is 0.562 bits per heavy atom. The molecular formula is C27H19FN4. The van der Waals surface area contributed by atoms with Crippen LogP contribution in [0.15, 0.2) is 103 Å². The van der Waals surface area contributed by atoms with Gasteiger partial charge in [0.15, 0.2) is 17.5 Å². The average molecular weight is 418 g/mol. The van der Waals surface area contributed by atoms with E-state index in [1.807, 2.05) is 84.9 Å². The Morgan fingerprint density at radius 2 is 1.16 bits per heavy atom. The van der Waals surface area contributed by atoms with Crippen molar-refractivity contribution in [2.45, 2.75) is 6.42 Å². The summed E-state index contributed by atoms with van der Waals surface area (Å²) in [6.45, 7) is 0. The van der Waals surface area contributed by atoms with Crippen LogP contribution in [0.5, 0.6) is 0 Å².